The zero-order valence-electron chi connectivity index (χ0n) is 9.29. The number of rotatable bonds is 5. The van der Waals surface area contributed by atoms with E-state index in [0.717, 1.165) is 5.56 Å². The third-order valence-corrected chi connectivity index (χ3v) is 3.10. The number of ether oxygens (including phenoxy) is 1. The maximum absolute atomic E-state index is 13.5. The van der Waals surface area contributed by atoms with E-state index in [2.05, 4.69) is 0 Å². The summed E-state index contributed by atoms with van der Waals surface area (Å²) < 4.78 is 19.0. The van der Waals surface area contributed by atoms with Crippen LogP contribution in [0.2, 0.25) is 0 Å². The second kappa shape index (κ2) is 5.30. The Labute approximate surface area is 95.1 Å². The maximum Gasteiger partial charge on any atom is 0.165 e. The molecule has 0 unspecified atom stereocenters. The Kier molecular flexibility index (Phi) is 3.78. The molecule has 0 saturated heterocycles. The van der Waals surface area contributed by atoms with Gasteiger partial charge >= 0.3 is 0 Å². The number of aliphatic hydroxyl groups is 1. The molecule has 0 radical (unpaired) electrons. The molecule has 2 rings (SSSR count). The van der Waals surface area contributed by atoms with Crippen molar-refractivity contribution in [3.63, 3.8) is 0 Å². The van der Waals surface area contributed by atoms with E-state index in [9.17, 15) is 4.39 Å². The third-order valence-electron chi connectivity index (χ3n) is 3.10. The monoisotopic (exact) mass is 224 g/mol. The fourth-order valence-electron chi connectivity index (χ4n) is 1.81. The van der Waals surface area contributed by atoms with E-state index < -0.39 is 0 Å². The first-order chi connectivity index (χ1) is 7.79. The summed E-state index contributed by atoms with van der Waals surface area (Å²) in [5, 5.41) is 8.74. The Bertz CT molecular complexity index is 348. The van der Waals surface area contributed by atoms with Gasteiger partial charge < -0.3 is 9.84 Å². The number of benzene rings is 1. The molecular weight excluding hydrogens is 207 g/mol. The van der Waals surface area contributed by atoms with Crippen molar-refractivity contribution in [1.82, 2.24) is 0 Å². The summed E-state index contributed by atoms with van der Waals surface area (Å²) in [6.07, 6.45) is 4.15. The molecule has 0 spiro atoms. The predicted molar refractivity (Wildman–Crippen MR) is 60.0 cm³/mol. The van der Waals surface area contributed by atoms with Gasteiger partial charge in [0.15, 0.2) is 11.6 Å². The molecule has 1 N–H and O–H groups in total. The molecule has 0 aromatic heterocycles. The van der Waals surface area contributed by atoms with Crippen molar-refractivity contribution >= 4 is 0 Å². The summed E-state index contributed by atoms with van der Waals surface area (Å²) in [6.45, 7) is 0.665. The van der Waals surface area contributed by atoms with Crippen LogP contribution in [0.3, 0.4) is 0 Å². The van der Waals surface area contributed by atoms with Gasteiger partial charge in [-0.2, -0.15) is 0 Å². The fourth-order valence-corrected chi connectivity index (χ4v) is 1.81. The van der Waals surface area contributed by atoms with Crippen LogP contribution in [0.15, 0.2) is 18.2 Å². The summed E-state index contributed by atoms with van der Waals surface area (Å²) in [6, 6.07) is 4.89. The Balaban J connectivity index is 1.92. The number of hydrogen-bond acceptors (Lipinski definition) is 2. The highest BCUT2D eigenvalue weighted by molar-refractivity contribution is 5.29. The van der Waals surface area contributed by atoms with Crippen LogP contribution >= 0.6 is 0 Å². The van der Waals surface area contributed by atoms with Crippen LogP contribution in [0.5, 0.6) is 5.75 Å². The van der Waals surface area contributed by atoms with Crippen molar-refractivity contribution in [2.24, 2.45) is 5.92 Å². The molecule has 2 nitrogen and oxygen atoms in total. The molecule has 0 amide bonds. The third kappa shape index (κ3) is 2.73. The normalized spacial score (nSPS) is 15.9. The van der Waals surface area contributed by atoms with Gasteiger partial charge in [0, 0.05) is 6.61 Å². The van der Waals surface area contributed by atoms with E-state index >= 15 is 0 Å². The summed E-state index contributed by atoms with van der Waals surface area (Å²) >= 11 is 0. The van der Waals surface area contributed by atoms with E-state index in [1.165, 1.54) is 25.3 Å². The van der Waals surface area contributed by atoms with E-state index in [0.29, 0.717) is 24.7 Å². The Hall–Kier alpha value is -1.09. The minimum Gasteiger partial charge on any atom is -0.490 e. The molecule has 0 heterocycles. The topological polar surface area (TPSA) is 29.5 Å². The van der Waals surface area contributed by atoms with Gasteiger partial charge in [0.2, 0.25) is 0 Å². The van der Waals surface area contributed by atoms with Crippen LogP contribution in [0, 0.1) is 11.7 Å². The second-order valence-electron chi connectivity index (χ2n) is 4.35. The first-order valence-electron chi connectivity index (χ1n) is 5.81. The van der Waals surface area contributed by atoms with E-state index in [1.807, 2.05) is 0 Å². The molecule has 0 aliphatic heterocycles. The minimum atomic E-state index is -0.328. The van der Waals surface area contributed by atoms with Crippen molar-refractivity contribution in [2.75, 3.05) is 13.2 Å². The first-order valence-corrected chi connectivity index (χ1v) is 5.81. The van der Waals surface area contributed by atoms with Crippen molar-refractivity contribution in [3.05, 3.63) is 29.6 Å². The fraction of sp³-hybridized carbons (Fsp3) is 0.538. The van der Waals surface area contributed by atoms with Crippen LogP contribution in [-0.2, 0) is 6.42 Å². The molecule has 1 aliphatic carbocycles. The van der Waals surface area contributed by atoms with Crippen molar-refractivity contribution in [2.45, 2.75) is 25.7 Å². The molecule has 1 fully saturated rings. The van der Waals surface area contributed by atoms with Crippen LogP contribution in [0.25, 0.3) is 0 Å². The summed E-state index contributed by atoms with van der Waals surface area (Å²) in [4.78, 5) is 0. The van der Waals surface area contributed by atoms with Gasteiger partial charge in [-0.25, -0.2) is 4.39 Å². The van der Waals surface area contributed by atoms with Crippen molar-refractivity contribution in [3.8, 4) is 5.75 Å². The van der Waals surface area contributed by atoms with Crippen molar-refractivity contribution in [1.29, 1.82) is 0 Å². The molecular formula is C13H17FO2. The number of hydrogen-bond donors (Lipinski definition) is 1. The van der Waals surface area contributed by atoms with Gasteiger partial charge in [0.05, 0.1) is 6.61 Å². The highest BCUT2D eigenvalue weighted by Crippen LogP contribution is 2.28. The number of halogens is 1. The Morgan fingerprint density at radius 1 is 1.38 bits per heavy atom. The van der Waals surface area contributed by atoms with E-state index in [4.69, 9.17) is 9.84 Å². The Morgan fingerprint density at radius 3 is 2.75 bits per heavy atom. The van der Waals surface area contributed by atoms with Crippen LogP contribution < -0.4 is 4.74 Å². The van der Waals surface area contributed by atoms with Crippen LogP contribution in [-0.4, -0.2) is 18.3 Å². The molecule has 1 saturated carbocycles. The largest absolute Gasteiger partial charge is 0.490 e. The van der Waals surface area contributed by atoms with Gasteiger partial charge in [-0.3, -0.25) is 0 Å². The van der Waals surface area contributed by atoms with Gasteiger partial charge in [0.1, 0.15) is 0 Å². The average Bonchev–Trinajstić information content (AvgIpc) is 2.19. The lowest BCUT2D eigenvalue weighted by Crippen LogP contribution is -2.19. The first kappa shape index (κ1) is 11.4. The van der Waals surface area contributed by atoms with Gasteiger partial charge in [-0.1, -0.05) is 12.5 Å². The maximum atomic E-state index is 13.5. The number of aliphatic hydroxyl groups excluding tert-OH is 1. The summed E-state index contributed by atoms with van der Waals surface area (Å²) in [5.74, 6) is 0.607. The smallest absolute Gasteiger partial charge is 0.165 e. The zero-order valence-corrected chi connectivity index (χ0v) is 9.29. The van der Waals surface area contributed by atoms with Gasteiger partial charge in [-0.05, 0) is 42.9 Å². The quantitative estimate of drug-likeness (QED) is 0.832. The van der Waals surface area contributed by atoms with Gasteiger partial charge in [-0.15, -0.1) is 0 Å². The lowest BCUT2D eigenvalue weighted by molar-refractivity contribution is 0.175. The van der Waals surface area contributed by atoms with E-state index in [-0.39, 0.29) is 12.4 Å². The lowest BCUT2D eigenvalue weighted by Gasteiger charge is -2.25. The lowest BCUT2D eigenvalue weighted by atomic mass is 9.86. The molecule has 0 atom stereocenters. The molecule has 1 aromatic carbocycles. The molecule has 3 heteroatoms. The molecule has 1 aromatic rings. The minimum absolute atomic E-state index is 0.0434. The molecule has 16 heavy (non-hydrogen) atoms. The highest BCUT2D eigenvalue weighted by atomic mass is 19.1. The summed E-state index contributed by atoms with van der Waals surface area (Å²) in [5.41, 5.74) is 0.802. The zero-order chi connectivity index (χ0) is 11.4. The SMILES string of the molecule is OCCc1ccc(OCC2CCC2)c(F)c1. The molecule has 0 bridgehead atoms. The average molecular weight is 224 g/mol. The second-order valence-corrected chi connectivity index (χ2v) is 4.35. The van der Waals surface area contributed by atoms with Crippen LogP contribution in [0.1, 0.15) is 24.8 Å². The Morgan fingerprint density at radius 2 is 2.19 bits per heavy atom. The summed E-state index contributed by atoms with van der Waals surface area (Å²) in [7, 11) is 0. The molecule has 88 valence electrons. The standard InChI is InChI=1S/C13H17FO2/c14-12-8-10(6-7-15)4-5-13(12)16-9-11-2-1-3-11/h4-5,8,11,15H,1-3,6-7,9H2. The van der Waals surface area contributed by atoms with Crippen molar-refractivity contribution < 1.29 is 14.2 Å². The predicted octanol–water partition coefficient (Wildman–Crippen LogP) is 2.54. The highest BCUT2D eigenvalue weighted by Gasteiger charge is 2.18. The van der Waals surface area contributed by atoms with Gasteiger partial charge in [0.25, 0.3) is 0 Å². The molecule has 1 aliphatic rings. The van der Waals surface area contributed by atoms with E-state index in [1.54, 1.807) is 12.1 Å². The van der Waals surface area contributed by atoms with Crippen LogP contribution in [0.4, 0.5) is 4.39 Å².